The van der Waals surface area contributed by atoms with E-state index in [1.807, 2.05) is 30.3 Å². The average Bonchev–Trinajstić information content (AvgIpc) is 2.03. The summed E-state index contributed by atoms with van der Waals surface area (Å²) < 4.78 is 0. The molecular weight excluding hydrogens is 140 g/mol. The van der Waals surface area contributed by atoms with Gasteiger partial charge in [0.2, 0.25) is 0 Å². The van der Waals surface area contributed by atoms with Crippen molar-refractivity contribution in [2.75, 3.05) is 0 Å². The second kappa shape index (κ2) is 3.56. The molecule has 1 radical (unpaired) electrons. The SMILES string of the molecule is [O]C(=O)/C=C\c1ccccc1. The molecule has 0 saturated heterocycles. The molecule has 0 aliphatic carbocycles. The largest absolute Gasteiger partial charge is 0.379 e. The Kier molecular flexibility index (Phi) is 2.44. The first-order valence-electron chi connectivity index (χ1n) is 3.23. The second-order valence-corrected chi connectivity index (χ2v) is 2.06. The number of carbonyl (C=O) groups is 1. The molecule has 0 saturated carbocycles. The van der Waals surface area contributed by atoms with E-state index in [4.69, 9.17) is 0 Å². The van der Waals surface area contributed by atoms with Gasteiger partial charge in [-0.15, -0.1) is 0 Å². The quantitative estimate of drug-likeness (QED) is 0.586. The van der Waals surface area contributed by atoms with Gasteiger partial charge in [-0.05, 0) is 11.6 Å². The number of carbonyl (C=O) groups excluding carboxylic acids is 1. The zero-order valence-electron chi connectivity index (χ0n) is 5.86. The molecule has 0 unspecified atom stereocenters. The summed E-state index contributed by atoms with van der Waals surface area (Å²) in [7, 11) is 0. The number of rotatable bonds is 2. The first-order chi connectivity index (χ1) is 5.29. The number of hydrogen-bond donors (Lipinski definition) is 0. The molecule has 0 heterocycles. The van der Waals surface area contributed by atoms with Gasteiger partial charge in [0.15, 0.2) is 0 Å². The summed E-state index contributed by atoms with van der Waals surface area (Å²) in [5.74, 6) is -1.17. The summed E-state index contributed by atoms with van der Waals surface area (Å²) in [5.41, 5.74) is 0.858. The van der Waals surface area contributed by atoms with Crippen LogP contribution in [-0.2, 0) is 9.90 Å². The molecule has 2 nitrogen and oxygen atoms in total. The van der Waals surface area contributed by atoms with Crippen molar-refractivity contribution in [3.05, 3.63) is 42.0 Å². The van der Waals surface area contributed by atoms with Gasteiger partial charge in [-0.3, -0.25) is 0 Å². The third-order valence-electron chi connectivity index (χ3n) is 1.21. The minimum absolute atomic E-state index is 0.858. The predicted molar refractivity (Wildman–Crippen MR) is 41.2 cm³/mol. The van der Waals surface area contributed by atoms with Crippen LogP contribution in [-0.4, -0.2) is 5.97 Å². The second-order valence-electron chi connectivity index (χ2n) is 2.06. The van der Waals surface area contributed by atoms with Crippen LogP contribution < -0.4 is 0 Å². The van der Waals surface area contributed by atoms with Crippen LogP contribution in [0.1, 0.15) is 5.56 Å². The highest BCUT2D eigenvalue weighted by molar-refractivity contribution is 5.84. The number of benzene rings is 1. The number of hydrogen-bond acceptors (Lipinski definition) is 1. The van der Waals surface area contributed by atoms with Gasteiger partial charge >= 0.3 is 5.97 Å². The van der Waals surface area contributed by atoms with Crippen LogP contribution in [0.2, 0.25) is 0 Å². The fourth-order valence-corrected chi connectivity index (χ4v) is 0.728. The molecule has 11 heavy (non-hydrogen) atoms. The monoisotopic (exact) mass is 147 g/mol. The van der Waals surface area contributed by atoms with Crippen molar-refractivity contribution in [3.8, 4) is 0 Å². The highest BCUT2D eigenvalue weighted by Crippen LogP contribution is 1.99. The van der Waals surface area contributed by atoms with Crippen molar-refractivity contribution in [2.45, 2.75) is 0 Å². The lowest BCUT2D eigenvalue weighted by Gasteiger charge is -1.87. The molecule has 1 aromatic carbocycles. The fourth-order valence-electron chi connectivity index (χ4n) is 0.728. The van der Waals surface area contributed by atoms with E-state index >= 15 is 0 Å². The van der Waals surface area contributed by atoms with Crippen molar-refractivity contribution in [3.63, 3.8) is 0 Å². The van der Waals surface area contributed by atoms with Crippen LogP contribution in [0.5, 0.6) is 0 Å². The molecule has 0 aliphatic rings. The van der Waals surface area contributed by atoms with Crippen molar-refractivity contribution in [1.29, 1.82) is 0 Å². The standard InChI is InChI=1S/C9H7O2/c10-9(11)7-6-8-4-2-1-3-5-8/h1-7H/b7-6-. The van der Waals surface area contributed by atoms with E-state index in [2.05, 4.69) is 0 Å². The Morgan fingerprint density at radius 3 is 2.36 bits per heavy atom. The van der Waals surface area contributed by atoms with Gasteiger partial charge in [0.25, 0.3) is 0 Å². The van der Waals surface area contributed by atoms with E-state index in [0.717, 1.165) is 11.6 Å². The summed E-state index contributed by atoms with van der Waals surface area (Å²) in [4.78, 5) is 9.97. The Labute approximate surface area is 64.8 Å². The summed E-state index contributed by atoms with van der Waals surface area (Å²) in [6.07, 6.45) is 2.50. The van der Waals surface area contributed by atoms with Crippen molar-refractivity contribution < 1.29 is 9.90 Å². The fraction of sp³-hybridized carbons (Fsp3) is 0. The smallest absolute Gasteiger partial charge is 0.242 e. The van der Waals surface area contributed by atoms with Crippen LogP contribution in [0.4, 0.5) is 0 Å². The Balaban J connectivity index is 2.72. The zero-order valence-corrected chi connectivity index (χ0v) is 5.86. The lowest BCUT2D eigenvalue weighted by Crippen LogP contribution is -1.82. The van der Waals surface area contributed by atoms with Gasteiger partial charge in [-0.2, -0.15) is 0 Å². The minimum atomic E-state index is -1.17. The molecule has 0 atom stereocenters. The molecule has 0 aromatic heterocycles. The molecule has 1 rings (SSSR count). The third kappa shape index (κ3) is 2.67. The maximum absolute atomic E-state index is 9.97. The molecule has 55 valence electrons. The minimum Gasteiger partial charge on any atom is -0.242 e. The van der Waals surface area contributed by atoms with Crippen LogP contribution in [0.25, 0.3) is 6.08 Å². The summed E-state index contributed by atoms with van der Waals surface area (Å²) in [6.45, 7) is 0. The van der Waals surface area contributed by atoms with Gasteiger partial charge in [0, 0.05) is 6.08 Å². The lowest BCUT2D eigenvalue weighted by atomic mass is 10.2. The van der Waals surface area contributed by atoms with Gasteiger partial charge in [0.1, 0.15) is 0 Å². The maximum Gasteiger partial charge on any atom is 0.379 e. The molecule has 0 aliphatic heterocycles. The van der Waals surface area contributed by atoms with Crippen LogP contribution in [0.3, 0.4) is 0 Å². The molecule has 0 N–H and O–H groups in total. The highest BCUT2D eigenvalue weighted by atomic mass is 16.4. The third-order valence-corrected chi connectivity index (χ3v) is 1.21. The van der Waals surface area contributed by atoms with E-state index in [-0.39, 0.29) is 0 Å². The normalized spacial score (nSPS) is 10.2. The van der Waals surface area contributed by atoms with Gasteiger partial charge < -0.3 is 0 Å². The zero-order chi connectivity index (χ0) is 8.10. The average molecular weight is 147 g/mol. The maximum atomic E-state index is 9.97. The summed E-state index contributed by atoms with van der Waals surface area (Å²) in [5, 5.41) is 9.97. The molecule has 1 aromatic rings. The van der Waals surface area contributed by atoms with Gasteiger partial charge in [-0.1, -0.05) is 30.3 Å². The molecule has 0 bridgehead atoms. The van der Waals surface area contributed by atoms with Crippen molar-refractivity contribution in [2.24, 2.45) is 0 Å². The van der Waals surface area contributed by atoms with E-state index in [0.29, 0.717) is 0 Å². The van der Waals surface area contributed by atoms with Crippen molar-refractivity contribution in [1.82, 2.24) is 0 Å². The first kappa shape index (κ1) is 7.54. The van der Waals surface area contributed by atoms with Crippen LogP contribution in [0, 0.1) is 0 Å². The van der Waals surface area contributed by atoms with Gasteiger partial charge in [0.05, 0.1) is 0 Å². The Hall–Kier alpha value is -1.57. The van der Waals surface area contributed by atoms with Crippen LogP contribution in [0.15, 0.2) is 36.4 Å². The van der Waals surface area contributed by atoms with Crippen molar-refractivity contribution >= 4 is 12.0 Å². The Bertz CT molecular complexity index is 262. The van der Waals surface area contributed by atoms with E-state index in [1.54, 1.807) is 0 Å². The molecule has 0 amide bonds. The van der Waals surface area contributed by atoms with Crippen LogP contribution >= 0.6 is 0 Å². The van der Waals surface area contributed by atoms with E-state index < -0.39 is 5.97 Å². The molecular formula is C9H7O2. The van der Waals surface area contributed by atoms with Gasteiger partial charge in [-0.25, -0.2) is 9.90 Å². The molecule has 0 spiro atoms. The molecule has 0 fully saturated rings. The van der Waals surface area contributed by atoms with E-state index in [9.17, 15) is 9.90 Å². The highest BCUT2D eigenvalue weighted by Gasteiger charge is 1.88. The summed E-state index contributed by atoms with van der Waals surface area (Å²) in [6, 6.07) is 9.19. The lowest BCUT2D eigenvalue weighted by molar-refractivity contribution is -0.137. The van der Waals surface area contributed by atoms with E-state index in [1.165, 1.54) is 6.08 Å². The molecule has 2 heteroatoms. The topological polar surface area (TPSA) is 37.0 Å². The Morgan fingerprint density at radius 1 is 1.18 bits per heavy atom. The predicted octanol–water partition coefficient (Wildman–Crippen LogP) is 1.66. The first-order valence-corrected chi connectivity index (χ1v) is 3.23. The Morgan fingerprint density at radius 2 is 1.82 bits per heavy atom. The summed E-state index contributed by atoms with van der Waals surface area (Å²) >= 11 is 0.